The quantitative estimate of drug-likeness (QED) is 0.627. The molecular weight excluding hydrogens is 286 g/mol. The van der Waals surface area contributed by atoms with Crippen LogP contribution in [0.15, 0.2) is 72.9 Å². The minimum absolute atomic E-state index is 0.284. The number of imidazole rings is 1. The molecule has 112 valence electrons. The van der Waals surface area contributed by atoms with E-state index >= 15 is 0 Å². The van der Waals surface area contributed by atoms with Crippen LogP contribution >= 0.6 is 0 Å². The Morgan fingerprint density at radius 1 is 0.870 bits per heavy atom. The minimum atomic E-state index is 0.284. The molecular formula is C19H15N3O. The largest absolute Gasteiger partial charge is 0.508 e. The summed E-state index contributed by atoms with van der Waals surface area (Å²) in [5, 5.41) is 10.1. The molecule has 0 spiro atoms. The maximum Gasteiger partial charge on any atom is 0.164 e. The normalized spacial score (nSPS) is 11.0. The highest BCUT2D eigenvalue weighted by atomic mass is 16.3. The molecule has 0 aliphatic heterocycles. The molecule has 0 fully saturated rings. The summed E-state index contributed by atoms with van der Waals surface area (Å²) in [6.07, 6.45) is 2.31. The van der Waals surface area contributed by atoms with Crippen LogP contribution in [0.4, 0.5) is 0 Å². The van der Waals surface area contributed by atoms with Crippen molar-refractivity contribution in [2.24, 2.45) is 0 Å². The second-order valence-corrected chi connectivity index (χ2v) is 5.35. The van der Waals surface area contributed by atoms with Crippen molar-refractivity contribution in [2.45, 2.75) is 6.42 Å². The number of para-hydroxylation sites is 2. The van der Waals surface area contributed by atoms with E-state index < -0.39 is 0 Å². The van der Waals surface area contributed by atoms with Crippen molar-refractivity contribution in [1.29, 1.82) is 0 Å². The second-order valence-electron chi connectivity index (χ2n) is 5.35. The van der Waals surface area contributed by atoms with Crippen molar-refractivity contribution in [3.05, 3.63) is 84.3 Å². The van der Waals surface area contributed by atoms with Crippen LogP contribution in [0.2, 0.25) is 0 Å². The number of phenolic OH excluding ortho intramolecular Hbond substituents is 1. The molecule has 0 amide bonds. The van der Waals surface area contributed by atoms with Crippen LogP contribution in [-0.2, 0) is 6.42 Å². The van der Waals surface area contributed by atoms with E-state index in [0.29, 0.717) is 6.42 Å². The van der Waals surface area contributed by atoms with Gasteiger partial charge in [0.15, 0.2) is 5.65 Å². The molecule has 0 saturated heterocycles. The first kappa shape index (κ1) is 13.5. The Hall–Kier alpha value is -3.14. The highest BCUT2D eigenvalue weighted by Gasteiger charge is 2.14. The monoisotopic (exact) mass is 301 g/mol. The Morgan fingerprint density at radius 2 is 1.65 bits per heavy atom. The lowest BCUT2D eigenvalue weighted by atomic mass is 10.1. The van der Waals surface area contributed by atoms with Crippen LogP contribution in [0.3, 0.4) is 0 Å². The molecule has 23 heavy (non-hydrogen) atoms. The molecule has 0 radical (unpaired) electrons. The van der Waals surface area contributed by atoms with Gasteiger partial charge >= 0.3 is 0 Å². The van der Waals surface area contributed by atoms with Gasteiger partial charge in [-0.15, -0.1) is 0 Å². The summed E-state index contributed by atoms with van der Waals surface area (Å²) in [5.41, 5.74) is 3.53. The van der Waals surface area contributed by atoms with E-state index in [9.17, 15) is 5.11 Å². The zero-order chi connectivity index (χ0) is 15.6. The number of hydrogen-bond donors (Lipinski definition) is 1. The number of fused-ring (bicyclic) bond motifs is 1. The number of rotatable bonds is 3. The third kappa shape index (κ3) is 2.44. The van der Waals surface area contributed by atoms with Crippen LogP contribution in [-0.4, -0.2) is 19.6 Å². The zero-order valence-electron chi connectivity index (χ0n) is 12.4. The van der Waals surface area contributed by atoms with Gasteiger partial charge in [0.1, 0.15) is 17.1 Å². The number of hydrogen-bond acceptors (Lipinski definition) is 3. The van der Waals surface area contributed by atoms with Crippen LogP contribution in [0.5, 0.6) is 5.75 Å². The number of nitrogens with zero attached hydrogens (tertiary/aromatic N) is 3. The summed E-state index contributed by atoms with van der Waals surface area (Å²) in [6.45, 7) is 0. The molecule has 0 bridgehead atoms. The van der Waals surface area contributed by atoms with Gasteiger partial charge in [0.05, 0.1) is 0 Å². The van der Waals surface area contributed by atoms with Crippen molar-refractivity contribution in [3.8, 4) is 11.4 Å². The summed E-state index contributed by atoms with van der Waals surface area (Å²) >= 11 is 0. The van der Waals surface area contributed by atoms with Crippen molar-refractivity contribution >= 4 is 11.2 Å². The van der Waals surface area contributed by atoms with Gasteiger partial charge in [0.2, 0.25) is 0 Å². The maximum atomic E-state index is 10.1. The molecule has 0 aliphatic carbocycles. The molecule has 4 rings (SSSR count). The van der Waals surface area contributed by atoms with E-state index in [-0.39, 0.29) is 5.75 Å². The smallest absolute Gasteiger partial charge is 0.164 e. The first-order chi connectivity index (χ1) is 11.3. The van der Waals surface area contributed by atoms with E-state index in [1.807, 2.05) is 65.2 Å². The molecule has 2 aromatic heterocycles. The van der Waals surface area contributed by atoms with Gasteiger partial charge in [-0.2, -0.15) is 0 Å². The van der Waals surface area contributed by atoms with Crippen molar-refractivity contribution < 1.29 is 5.11 Å². The minimum Gasteiger partial charge on any atom is -0.508 e. The number of benzene rings is 2. The molecule has 0 saturated carbocycles. The van der Waals surface area contributed by atoms with Crippen LogP contribution < -0.4 is 0 Å². The molecule has 0 aliphatic rings. The lowest BCUT2D eigenvalue weighted by Crippen LogP contribution is -2.03. The fourth-order valence-corrected chi connectivity index (χ4v) is 2.76. The topological polar surface area (TPSA) is 50.9 Å². The van der Waals surface area contributed by atoms with E-state index in [2.05, 4.69) is 4.98 Å². The van der Waals surface area contributed by atoms with E-state index in [1.54, 1.807) is 12.3 Å². The zero-order valence-corrected chi connectivity index (χ0v) is 12.4. The second kappa shape index (κ2) is 5.57. The molecule has 4 heteroatoms. The lowest BCUT2D eigenvalue weighted by Gasteiger charge is -2.09. The van der Waals surface area contributed by atoms with Crippen LogP contribution in [0.1, 0.15) is 11.4 Å². The number of pyridine rings is 1. The lowest BCUT2D eigenvalue weighted by molar-refractivity contribution is 0.469. The predicted molar refractivity (Wildman–Crippen MR) is 89.8 cm³/mol. The van der Waals surface area contributed by atoms with Gasteiger partial charge in [0.25, 0.3) is 0 Å². The summed E-state index contributed by atoms with van der Waals surface area (Å²) < 4.78 is 2.04. The van der Waals surface area contributed by atoms with Gasteiger partial charge in [-0.1, -0.05) is 36.4 Å². The number of aromatic nitrogens is 3. The molecule has 4 aromatic rings. The Labute approximate surface area is 133 Å². The third-order valence-electron chi connectivity index (χ3n) is 3.84. The predicted octanol–water partition coefficient (Wildman–Crippen LogP) is 3.72. The summed E-state index contributed by atoms with van der Waals surface area (Å²) in [4.78, 5) is 9.20. The first-order valence-corrected chi connectivity index (χ1v) is 7.47. The molecule has 1 N–H and O–H groups in total. The number of aromatic hydroxyl groups is 1. The fraction of sp³-hybridized carbons (Fsp3) is 0.0526. The van der Waals surface area contributed by atoms with Gasteiger partial charge in [-0.25, -0.2) is 9.97 Å². The van der Waals surface area contributed by atoms with Crippen molar-refractivity contribution in [2.75, 3.05) is 0 Å². The maximum absolute atomic E-state index is 10.1. The summed E-state index contributed by atoms with van der Waals surface area (Å²) in [7, 11) is 0. The highest BCUT2D eigenvalue weighted by Crippen LogP contribution is 2.24. The molecule has 4 nitrogen and oxygen atoms in total. The van der Waals surface area contributed by atoms with Crippen molar-refractivity contribution in [1.82, 2.24) is 14.5 Å². The Bertz CT molecular complexity index is 961. The first-order valence-electron chi connectivity index (χ1n) is 7.47. The van der Waals surface area contributed by atoms with Gasteiger partial charge in [0, 0.05) is 23.9 Å². The van der Waals surface area contributed by atoms with Crippen LogP contribution in [0.25, 0.3) is 16.9 Å². The average Bonchev–Trinajstić information content (AvgIpc) is 2.95. The van der Waals surface area contributed by atoms with Gasteiger partial charge < -0.3 is 5.11 Å². The van der Waals surface area contributed by atoms with E-state index in [4.69, 9.17) is 4.98 Å². The SMILES string of the molecule is Oc1ccccc1Cc1nc2cccnc2n1-c1ccccc1. The van der Waals surface area contributed by atoms with E-state index in [0.717, 1.165) is 28.2 Å². The number of phenols is 1. The Morgan fingerprint density at radius 3 is 2.48 bits per heavy atom. The molecule has 0 atom stereocenters. The summed E-state index contributed by atoms with van der Waals surface area (Å²) in [5.74, 6) is 1.14. The molecule has 2 aromatic carbocycles. The summed E-state index contributed by atoms with van der Waals surface area (Å²) in [6, 6.07) is 21.2. The molecule has 2 heterocycles. The Kier molecular flexibility index (Phi) is 3.27. The van der Waals surface area contributed by atoms with Gasteiger partial charge in [-0.05, 0) is 30.3 Å². The fourth-order valence-electron chi connectivity index (χ4n) is 2.76. The van der Waals surface area contributed by atoms with Crippen LogP contribution in [0, 0.1) is 0 Å². The van der Waals surface area contributed by atoms with Gasteiger partial charge in [-0.3, -0.25) is 4.57 Å². The molecule has 0 unspecified atom stereocenters. The average molecular weight is 301 g/mol. The Balaban J connectivity index is 1.91. The standard InChI is InChI=1S/C19H15N3O/c23-17-11-5-4-7-14(17)13-18-21-16-10-6-12-20-19(16)22(18)15-8-2-1-3-9-15/h1-12,23H,13H2. The highest BCUT2D eigenvalue weighted by molar-refractivity contribution is 5.74. The van der Waals surface area contributed by atoms with Crippen molar-refractivity contribution in [3.63, 3.8) is 0 Å². The van der Waals surface area contributed by atoms with E-state index in [1.165, 1.54) is 0 Å². The third-order valence-corrected chi connectivity index (χ3v) is 3.84.